The Morgan fingerprint density at radius 1 is 1.16 bits per heavy atom. The number of amides is 1. The van der Waals surface area contributed by atoms with Gasteiger partial charge < -0.3 is 9.88 Å². The van der Waals surface area contributed by atoms with Crippen molar-refractivity contribution in [3.05, 3.63) is 42.0 Å². The lowest BCUT2D eigenvalue weighted by molar-refractivity contribution is -0.138. The van der Waals surface area contributed by atoms with Crippen LogP contribution in [0.5, 0.6) is 0 Å². The van der Waals surface area contributed by atoms with Gasteiger partial charge in [-0.25, -0.2) is 9.37 Å². The van der Waals surface area contributed by atoms with Crippen LogP contribution in [0.1, 0.15) is 58.2 Å². The smallest absolute Gasteiger partial charge is 0.246 e. The summed E-state index contributed by atoms with van der Waals surface area (Å²) < 4.78 is 13.6. The van der Waals surface area contributed by atoms with Gasteiger partial charge in [-0.15, -0.1) is 0 Å². The van der Waals surface area contributed by atoms with Crippen LogP contribution in [0.4, 0.5) is 4.39 Å². The van der Waals surface area contributed by atoms with E-state index in [2.05, 4.69) is 24.9 Å². The summed E-state index contributed by atoms with van der Waals surface area (Å²) in [7, 11) is 1.99. The van der Waals surface area contributed by atoms with Crippen LogP contribution in [0, 0.1) is 40.3 Å². The molecular weight excluding hydrogens is 401 g/mol. The highest BCUT2D eigenvalue weighted by Crippen LogP contribution is 2.65. The van der Waals surface area contributed by atoms with Crippen LogP contribution in [0.25, 0.3) is 11.0 Å². The molecule has 0 saturated heterocycles. The highest BCUT2D eigenvalue weighted by atomic mass is 19.1. The molecule has 1 N–H and O–H groups in total. The standard InChI is InChI=1S/C27H34FN3O/c1-26-12-10-20-18(6-9-23-27(20,2)13-11-25(32)31(23)3)19(26)7-4-16(26)14-24-29-21-8-5-17(28)15-22(21)30-24/h5,8,11,13,15-16,18-20,23H,4,6-7,9-10,12,14H2,1-3H3,(H,29,30)/t16?,18-,19-,20+,23?,26+,27+/m0/s1. The van der Waals surface area contributed by atoms with E-state index in [1.807, 2.05) is 18.0 Å². The first-order valence-electron chi connectivity index (χ1n) is 12.4. The first-order chi connectivity index (χ1) is 15.3. The van der Waals surface area contributed by atoms with Crippen molar-refractivity contribution in [2.45, 2.75) is 64.8 Å². The Balaban J connectivity index is 1.26. The highest BCUT2D eigenvalue weighted by molar-refractivity contribution is 5.89. The number of hydrogen-bond donors (Lipinski definition) is 1. The number of hydrogen-bond acceptors (Lipinski definition) is 2. The molecule has 2 unspecified atom stereocenters. The lowest BCUT2D eigenvalue weighted by Crippen LogP contribution is -2.59. The first kappa shape index (κ1) is 20.4. The first-order valence-corrected chi connectivity index (χ1v) is 12.4. The van der Waals surface area contributed by atoms with E-state index in [1.54, 1.807) is 6.07 Å². The van der Waals surface area contributed by atoms with E-state index < -0.39 is 0 Å². The molecule has 5 heteroatoms. The van der Waals surface area contributed by atoms with Gasteiger partial charge in [0, 0.05) is 31.0 Å². The number of aromatic amines is 1. The van der Waals surface area contributed by atoms with E-state index in [1.165, 1.54) is 44.2 Å². The average molecular weight is 436 g/mol. The predicted molar refractivity (Wildman–Crippen MR) is 123 cm³/mol. The Bertz CT molecular complexity index is 1110. The average Bonchev–Trinajstić information content (AvgIpc) is 3.31. The van der Waals surface area contributed by atoms with Crippen molar-refractivity contribution in [3.8, 4) is 0 Å². The van der Waals surface area contributed by atoms with Gasteiger partial charge >= 0.3 is 0 Å². The molecule has 2 heterocycles. The van der Waals surface area contributed by atoms with Crippen molar-refractivity contribution in [3.63, 3.8) is 0 Å². The molecule has 7 atom stereocenters. The second kappa shape index (κ2) is 6.91. The number of likely N-dealkylation sites (N-methyl/N-ethyl adjacent to an activating group) is 1. The fourth-order valence-corrected chi connectivity index (χ4v) is 8.54. The van der Waals surface area contributed by atoms with Gasteiger partial charge in [0.25, 0.3) is 0 Å². The number of fused-ring (bicyclic) bond motifs is 6. The van der Waals surface area contributed by atoms with E-state index in [9.17, 15) is 9.18 Å². The number of nitrogens with zero attached hydrogens (tertiary/aromatic N) is 2. The maximum absolute atomic E-state index is 13.6. The quantitative estimate of drug-likeness (QED) is 0.677. The van der Waals surface area contributed by atoms with Gasteiger partial charge in [0.2, 0.25) is 5.91 Å². The fraction of sp³-hybridized carbons (Fsp3) is 0.630. The van der Waals surface area contributed by atoms with Crippen LogP contribution < -0.4 is 0 Å². The maximum Gasteiger partial charge on any atom is 0.246 e. The Morgan fingerprint density at radius 3 is 2.84 bits per heavy atom. The van der Waals surface area contributed by atoms with Gasteiger partial charge in [0.15, 0.2) is 0 Å². The zero-order valence-electron chi connectivity index (χ0n) is 19.4. The number of rotatable bonds is 2. The Labute approximate surface area is 189 Å². The number of aromatic nitrogens is 2. The molecule has 4 aliphatic rings. The summed E-state index contributed by atoms with van der Waals surface area (Å²) in [5, 5.41) is 0. The van der Waals surface area contributed by atoms with Crippen LogP contribution in [-0.4, -0.2) is 33.9 Å². The summed E-state index contributed by atoms with van der Waals surface area (Å²) in [5.74, 6) is 3.73. The zero-order chi connectivity index (χ0) is 22.3. The number of halogens is 1. The lowest BCUT2D eigenvalue weighted by atomic mass is 9.47. The number of H-pyrrole nitrogens is 1. The topological polar surface area (TPSA) is 49.0 Å². The molecule has 3 fully saturated rings. The van der Waals surface area contributed by atoms with Gasteiger partial charge in [-0.05, 0) is 85.8 Å². The zero-order valence-corrected chi connectivity index (χ0v) is 19.4. The van der Waals surface area contributed by atoms with E-state index >= 15 is 0 Å². The molecule has 0 spiro atoms. The van der Waals surface area contributed by atoms with Crippen LogP contribution in [0.15, 0.2) is 30.4 Å². The lowest BCUT2D eigenvalue weighted by Gasteiger charge is -2.60. The summed E-state index contributed by atoms with van der Waals surface area (Å²) in [6.45, 7) is 4.95. The molecule has 3 aliphatic carbocycles. The number of carbonyl (C=O) groups is 1. The monoisotopic (exact) mass is 435 g/mol. The summed E-state index contributed by atoms with van der Waals surface area (Å²) in [5.41, 5.74) is 2.11. The molecule has 0 radical (unpaired) electrons. The van der Waals surface area contributed by atoms with Crippen LogP contribution in [0.2, 0.25) is 0 Å². The minimum atomic E-state index is -0.227. The van der Waals surface area contributed by atoms with Gasteiger partial charge in [-0.2, -0.15) is 0 Å². The normalized spacial score (nSPS) is 40.9. The second-order valence-electron chi connectivity index (χ2n) is 11.5. The molecule has 1 amide bonds. The van der Waals surface area contributed by atoms with Crippen LogP contribution in [-0.2, 0) is 11.2 Å². The van der Waals surface area contributed by atoms with Crippen molar-refractivity contribution in [2.75, 3.05) is 7.05 Å². The highest BCUT2D eigenvalue weighted by Gasteiger charge is 2.60. The van der Waals surface area contributed by atoms with Crippen molar-refractivity contribution in [2.24, 2.45) is 34.5 Å². The van der Waals surface area contributed by atoms with Crippen LogP contribution in [0.3, 0.4) is 0 Å². The number of carbonyl (C=O) groups excluding carboxylic acids is 1. The molecular formula is C27H34FN3O. The third kappa shape index (κ3) is 2.78. The number of imidazole rings is 1. The molecule has 0 bridgehead atoms. The third-order valence-corrected chi connectivity index (χ3v) is 10.3. The largest absolute Gasteiger partial charge is 0.342 e. The molecule has 3 saturated carbocycles. The van der Waals surface area contributed by atoms with Gasteiger partial charge in [-0.3, -0.25) is 4.79 Å². The molecule has 2 aromatic rings. The summed E-state index contributed by atoms with van der Waals surface area (Å²) in [4.78, 5) is 22.5. The van der Waals surface area contributed by atoms with Crippen molar-refractivity contribution in [1.29, 1.82) is 0 Å². The second-order valence-corrected chi connectivity index (χ2v) is 11.5. The van der Waals surface area contributed by atoms with Gasteiger partial charge in [0.1, 0.15) is 11.6 Å². The molecule has 4 nitrogen and oxygen atoms in total. The minimum Gasteiger partial charge on any atom is -0.342 e. The minimum absolute atomic E-state index is 0.105. The Morgan fingerprint density at radius 2 is 2.00 bits per heavy atom. The fourth-order valence-electron chi connectivity index (χ4n) is 8.54. The van der Waals surface area contributed by atoms with E-state index in [0.29, 0.717) is 23.3 Å². The van der Waals surface area contributed by atoms with E-state index in [4.69, 9.17) is 4.98 Å². The molecule has 32 heavy (non-hydrogen) atoms. The van der Waals surface area contributed by atoms with Gasteiger partial charge in [0.05, 0.1) is 11.0 Å². The molecule has 1 aliphatic heterocycles. The SMILES string of the molecule is CN1C(=O)C=C[C@@]2(C)C1CC[C@@H]1[C@H]2CC[C@]2(C)C(Cc3nc4cc(F)ccc4[nH]3)CC[C@@H]12. The number of benzene rings is 1. The predicted octanol–water partition coefficient (Wildman–Crippen LogP) is 5.50. The molecule has 170 valence electrons. The van der Waals surface area contributed by atoms with Crippen molar-refractivity contribution in [1.82, 2.24) is 14.9 Å². The van der Waals surface area contributed by atoms with Crippen molar-refractivity contribution >= 4 is 16.9 Å². The van der Waals surface area contributed by atoms with Crippen LogP contribution >= 0.6 is 0 Å². The van der Waals surface area contributed by atoms with Crippen molar-refractivity contribution < 1.29 is 9.18 Å². The summed E-state index contributed by atoms with van der Waals surface area (Å²) in [6, 6.07) is 5.17. The van der Waals surface area contributed by atoms with E-state index in [0.717, 1.165) is 41.5 Å². The number of nitrogens with one attached hydrogen (secondary N) is 1. The molecule has 1 aromatic carbocycles. The molecule has 1 aromatic heterocycles. The molecule has 6 rings (SSSR count). The third-order valence-electron chi connectivity index (χ3n) is 10.3. The maximum atomic E-state index is 13.6. The summed E-state index contributed by atoms with van der Waals surface area (Å²) in [6.07, 6.45) is 12.5. The Hall–Kier alpha value is -2.17. The Kier molecular flexibility index (Phi) is 4.42. The van der Waals surface area contributed by atoms with E-state index in [-0.39, 0.29) is 17.1 Å². The summed E-state index contributed by atoms with van der Waals surface area (Å²) >= 11 is 0. The van der Waals surface area contributed by atoms with Gasteiger partial charge in [-0.1, -0.05) is 19.9 Å².